The minimum atomic E-state index is -0.434. The van der Waals surface area contributed by atoms with E-state index in [9.17, 15) is 4.39 Å². The van der Waals surface area contributed by atoms with Crippen LogP contribution in [-0.4, -0.2) is 10.5 Å². The van der Waals surface area contributed by atoms with E-state index in [1.54, 1.807) is 18.5 Å². The molecule has 0 saturated carbocycles. The lowest BCUT2D eigenvalue weighted by molar-refractivity contribution is 0.461. The summed E-state index contributed by atoms with van der Waals surface area (Å²) >= 11 is 3.39. The van der Waals surface area contributed by atoms with Crippen molar-refractivity contribution in [3.05, 3.63) is 64.1 Å². The van der Waals surface area contributed by atoms with Crippen molar-refractivity contribution in [3.63, 3.8) is 0 Å². The highest BCUT2D eigenvalue weighted by atomic mass is 79.9. The SMILES string of the molecule is CC(N)(Cc1cccc(F)c1)Cc1cncc(Br)c1. The lowest BCUT2D eigenvalue weighted by Crippen LogP contribution is -2.41. The highest BCUT2D eigenvalue weighted by molar-refractivity contribution is 9.10. The summed E-state index contributed by atoms with van der Waals surface area (Å²) in [7, 11) is 0. The van der Waals surface area contributed by atoms with Crippen LogP contribution in [0.3, 0.4) is 0 Å². The van der Waals surface area contributed by atoms with Gasteiger partial charge in [-0.1, -0.05) is 12.1 Å². The van der Waals surface area contributed by atoms with Gasteiger partial charge in [0.25, 0.3) is 0 Å². The summed E-state index contributed by atoms with van der Waals surface area (Å²) in [6.07, 6.45) is 4.86. The van der Waals surface area contributed by atoms with Crippen molar-refractivity contribution in [2.75, 3.05) is 0 Å². The van der Waals surface area contributed by atoms with Gasteiger partial charge < -0.3 is 5.73 Å². The molecule has 1 aromatic carbocycles. The van der Waals surface area contributed by atoms with Crippen molar-refractivity contribution < 1.29 is 4.39 Å². The van der Waals surface area contributed by atoms with Crippen molar-refractivity contribution in [2.24, 2.45) is 5.73 Å². The summed E-state index contributed by atoms with van der Waals surface area (Å²) in [4.78, 5) is 4.13. The highest BCUT2D eigenvalue weighted by Gasteiger charge is 2.20. The van der Waals surface area contributed by atoms with E-state index in [4.69, 9.17) is 5.73 Å². The first kappa shape index (κ1) is 14.2. The van der Waals surface area contributed by atoms with Gasteiger partial charge in [0.2, 0.25) is 0 Å². The second-order valence-corrected chi connectivity index (χ2v) is 6.06. The van der Waals surface area contributed by atoms with E-state index >= 15 is 0 Å². The molecule has 0 saturated heterocycles. The Bertz CT molecular complexity index is 520. The van der Waals surface area contributed by atoms with E-state index in [0.717, 1.165) is 15.6 Å². The van der Waals surface area contributed by atoms with Crippen LogP contribution in [0.1, 0.15) is 18.1 Å². The number of hydrogen-bond donors (Lipinski definition) is 1. The normalized spacial score (nSPS) is 14.1. The quantitative estimate of drug-likeness (QED) is 0.935. The molecule has 0 radical (unpaired) electrons. The smallest absolute Gasteiger partial charge is 0.123 e. The Kier molecular flexibility index (Phi) is 4.32. The van der Waals surface area contributed by atoms with Crippen LogP contribution in [0.5, 0.6) is 0 Å². The number of nitrogens with two attached hydrogens (primary N) is 1. The van der Waals surface area contributed by atoms with Gasteiger partial charge in [0.15, 0.2) is 0 Å². The number of benzene rings is 1. The molecule has 2 rings (SSSR count). The molecule has 0 aliphatic rings. The number of nitrogens with zero attached hydrogens (tertiary/aromatic N) is 1. The minimum absolute atomic E-state index is 0.225. The Morgan fingerprint density at radius 1 is 1.21 bits per heavy atom. The van der Waals surface area contributed by atoms with Crippen LogP contribution in [0.2, 0.25) is 0 Å². The molecule has 1 aromatic heterocycles. The van der Waals surface area contributed by atoms with Crippen LogP contribution in [0, 0.1) is 5.82 Å². The fourth-order valence-electron chi connectivity index (χ4n) is 2.19. The maximum Gasteiger partial charge on any atom is 0.123 e. The number of aromatic nitrogens is 1. The third-order valence-electron chi connectivity index (χ3n) is 2.87. The highest BCUT2D eigenvalue weighted by Crippen LogP contribution is 2.19. The van der Waals surface area contributed by atoms with Crippen molar-refractivity contribution >= 4 is 15.9 Å². The number of hydrogen-bond acceptors (Lipinski definition) is 2. The molecule has 100 valence electrons. The largest absolute Gasteiger partial charge is 0.325 e. The average Bonchev–Trinajstić information content (AvgIpc) is 2.27. The molecule has 0 aliphatic heterocycles. The van der Waals surface area contributed by atoms with E-state index in [1.807, 2.05) is 19.1 Å². The van der Waals surface area contributed by atoms with Gasteiger partial charge in [0, 0.05) is 22.4 Å². The fraction of sp³-hybridized carbons (Fsp3) is 0.267. The number of pyridine rings is 1. The van der Waals surface area contributed by atoms with Crippen molar-refractivity contribution in [1.82, 2.24) is 4.98 Å². The first-order valence-corrected chi connectivity index (χ1v) is 6.87. The van der Waals surface area contributed by atoms with Gasteiger partial charge in [-0.2, -0.15) is 0 Å². The molecule has 2 aromatic rings. The maximum atomic E-state index is 13.2. The molecule has 4 heteroatoms. The van der Waals surface area contributed by atoms with E-state index in [0.29, 0.717) is 12.8 Å². The Hall–Kier alpha value is -1.26. The first-order chi connectivity index (χ1) is 8.94. The third kappa shape index (κ3) is 4.40. The molecule has 0 amide bonds. The zero-order valence-electron chi connectivity index (χ0n) is 10.7. The Balaban J connectivity index is 2.10. The Morgan fingerprint density at radius 2 is 1.95 bits per heavy atom. The van der Waals surface area contributed by atoms with Crippen LogP contribution < -0.4 is 5.73 Å². The summed E-state index contributed by atoms with van der Waals surface area (Å²) in [5.74, 6) is -0.225. The van der Waals surface area contributed by atoms with Crippen LogP contribution >= 0.6 is 15.9 Å². The lowest BCUT2D eigenvalue weighted by Gasteiger charge is -2.25. The van der Waals surface area contributed by atoms with E-state index in [2.05, 4.69) is 20.9 Å². The lowest BCUT2D eigenvalue weighted by atomic mass is 9.88. The monoisotopic (exact) mass is 322 g/mol. The molecule has 0 aliphatic carbocycles. The predicted octanol–water partition coefficient (Wildman–Crippen LogP) is 3.49. The molecular weight excluding hydrogens is 307 g/mol. The minimum Gasteiger partial charge on any atom is -0.325 e. The zero-order chi connectivity index (χ0) is 13.9. The van der Waals surface area contributed by atoms with Crippen LogP contribution in [0.25, 0.3) is 0 Å². The van der Waals surface area contributed by atoms with E-state index in [1.165, 1.54) is 12.1 Å². The van der Waals surface area contributed by atoms with Gasteiger partial charge in [0.1, 0.15) is 5.82 Å². The van der Waals surface area contributed by atoms with Crippen LogP contribution in [0.4, 0.5) is 4.39 Å². The Morgan fingerprint density at radius 3 is 2.63 bits per heavy atom. The second kappa shape index (κ2) is 5.80. The number of rotatable bonds is 4. The molecule has 19 heavy (non-hydrogen) atoms. The second-order valence-electron chi connectivity index (χ2n) is 5.15. The first-order valence-electron chi connectivity index (χ1n) is 6.07. The molecule has 2 nitrogen and oxygen atoms in total. The summed E-state index contributed by atoms with van der Waals surface area (Å²) in [6, 6.07) is 8.58. The van der Waals surface area contributed by atoms with Crippen molar-refractivity contribution in [3.8, 4) is 0 Å². The standard InChI is InChI=1S/C15H16BrFN2/c1-15(18,7-11-3-2-4-14(17)6-11)8-12-5-13(16)10-19-9-12/h2-6,9-10H,7-8,18H2,1H3. The molecule has 1 unspecified atom stereocenters. The predicted molar refractivity (Wildman–Crippen MR) is 78.3 cm³/mol. The summed E-state index contributed by atoms with van der Waals surface area (Å²) in [5, 5.41) is 0. The zero-order valence-corrected chi connectivity index (χ0v) is 12.3. The summed E-state index contributed by atoms with van der Waals surface area (Å²) < 4.78 is 14.1. The molecule has 0 spiro atoms. The van der Waals surface area contributed by atoms with E-state index < -0.39 is 5.54 Å². The van der Waals surface area contributed by atoms with Crippen molar-refractivity contribution in [2.45, 2.75) is 25.3 Å². The molecular formula is C15H16BrFN2. The maximum absolute atomic E-state index is 13.2. The van der Waals surface area contributed by atoms with Gasteiger partial charge in [-0.3, -0.25) is 4.98 Å². The van der Waals surface area contributed by atoms with Crippen LogP contribution in [0.15, 0.2) is 47.2 Å². The Labute approximate surface area is 121 Å². The van der Waals surface area contributed by atoms with Gasteiger partial charge in [-0.15, -0.1) is 0 Å². The van der Waals surface area contributed by atoms with Gasteiger partial charge >= 0.3 is 0 Å². The fourth-order valence-corrected chi connectivity index (χ4v) is 2.61. The van der Waals surface area contributed by atoms with Crippen LogP contribution in [-0.2, 0) is 12.8 Å². The molecule has 1 atom stereocenters. The molecule has 0 fully saturated rings. The van der Waals surface area contributed by atoms with Gasteiger partial charge in [-0.05, 0) is 65.0 Å². The van der Waals surface area contributed by atoms with Gasteiger partial charge in [-0.25, -0.2) is 4.39 Å². The topological polar surface area (TPSA) is 38.9 Å². The van der Waals surface area contributed by atoms with Crippen molar-refractivity contribution in [1.29, 1.82) is 0 Å². The average molecular weight is 323 g/mol. The molecule has 2 N–H and O–H groups in total. The summed E-state index contributed by atoms with van der Waals surface area (Å²) in [5.41, 5.74) is 7.86. The molecule has 0 bridgehead atoms. The third-order valence-corrected chi connectivity index (χ3v) is 3.30. The molecule has 1 heterocycles. The van der Waals surface area contributed by atoms with Gasteiger partial charge in [0.05, 0.1) is 0 Å². The summed E-state index contributed by atoms with van der Waals surface area (Å²) in [6.45, 7) is 1.97. The number of halogens is 2. The van der Waals surface area contributed by atoms with E-state index in [-0.39, 0.29) is 5.82 Å².